The minimum absolute atomic E-state index is 0.116. The van der Waals surface area contributed by atoms with Gasteiger partial charge in [-0.1, -0.05) is 30.3 Å². The SMILES string of the molecule is CC(=O)C1CCC(c2ccccc2)O1. The first kappa shape index (κ1) is 9.41. The van der Waals surface area contributed by atoms with Crippen LogP contribution >= 0.6 is 0 Å². The number of rotatable bonds is 2. The molecule has 2 heteroatoms. The molecule has 0 spiro atoms. The average Bonchev–Trinajstić information content (AvgIpc) is 2.68. The number of carbonyl (C=O) groups is 1. The fourth-order valence-electron chi connectivity index (χ4n) is 1.85. The van der Waals surface area contributed by atoms with Crippen molar-refractivity contribution in [2.24, 2.45) is 0 Å². The van der Waals surface area contributed by atoms with Crippen molar-refractivity contribution in [2.75, 3.05) is 0 Å². The number of ether oxygens (including phenoxy) is 1. The Hall–Kier alpha value is -1.15. The van der Waals surface area contributed by atoms with Crippen molar-refractivity contribution in [1.29, 1.82) is 0 Å². The highest BCUT2D eigenvalue weighted by atomic mass is 16.5. The summed E-state index contributed by atoms with van der Waals surface area (Å²) < 4.78 is 5.66. The molecular formula is C12H14O2. The maximum atomic E-state index is 11.1. The van der Waals surface area contributed by atoms with E-state index in [1.54, 1.807) is 6.92 Å². The molecule has 2 unspecified atom stereocenters. The van der Waals surface area contributed by atoms with Crippen LogP contribution in [0.5, 0.6) is 0 Å². The lowest BCUT2D eigenvalue weighted by Crippen LogP contribution is -2.15. The molecule has 0 saturated carbocycles. The molecule has 1 fully saturated rings. The van der Waals surface area contributed by atoms with Crippen molar-refractivity contribution in [3.63, 3.8) is 0 Å². The maximum Gasteiger partial charge on any atom is 0.158 e. The van der Waals surface area contributed by atoms with Gasteiger partial charge in [0.25, 0.3) is 0 Å². The minimum atomic E-state index is -0.180. The third kappa shape index (κ3) is 1.85. The first-order valence-corrected chi connectivity index (χ1v) is 4.98. The van der Waals surface area contributed by atoms with Crippen LogP contribution in [0.3, 0.4) is 0 Å². The highest BCUT2D eigenvalue weighted by molar-refractivity contribution is 5.80. The van der Waals surface area contributed by atoms with Crippen LogP contribution in [0.4, 0.5) is 0 Å². The van der Waals surface area contributed by atoms with E-state index in [-0.39, 0.29) is 18.0 Å². The van der Waals surface area contributed by atoms with Gasteiger partial charge in [-0.2, -0.15) is 0 Å². The molecule has 0 amide bonds. The predicted molar refractivity (Wildman–Crippen MR) is 54.0 cm³/mol. The summed E-state index contributed by atoms with van der Waals surface area (Å²) in [6.45, 7) is 1.60. The second-order valence-corrected chi connectivity index (χ2v) is 3.71. The predicted octanol–water partition coefficient (Wildman–Crippen LogP) is 2.50. The Morgan fingerprint density at radius 1 is 1.29 bits per heavy atom. The molecule has 1 aromatic carbocycles. The van der Waals surface area contributed by atoms with Gasteiger partial charge < -0.3 is 4.74 Å². The van der Waals surface area contributed by atoms with Crippen LogP contribution in [-0.4, -0.2) is 11.9 Å². The minimum Gasteiger partial charge on any atom is -0.363 e. The van der Waals surface area contributed by atoms with Gasteiger partial charge in [-0.3, -0.25) is 4.79 Å². The molecule has 0 N–H and O–H groups in total. The van der Waals surface area contributed by atoms with Gasteiger partial charge in [0.2, 0.25) is 0 Å². The fourth-order valence-corrected chi connectivity index (χ4v) is 1.85. The molecule has 1 aliphatic rings. The Labute approximate surface area is 83.9 Å². The molecular weight excluding hydrogens is 176 g/mol. The van der Waals surface area contributed by atoms with Gasteiger partial charge in [-0.15, -0.1) is 0 Å². The zero-order valence-electron chi connectivity index (χ0n) is 8.27. The zero-order valence-corrected chi connectivity index (χ0v) is 8.27. The summed E-state index contributed by atoms with van der Waals surface area (Å²) in [4.78, 5) is 11.1. The van der Waals surface area contributed by atoms with Gasteiger partial charge >= 0.3 is 0 Å². The zero-order chi connectivity index (χ0) is 9.97. The van der Waals surface area contributed by atoms with Crippen molar-refractivity contribution >= 4 is 5.78 Å². The van der Waals surface area contributed by atoms with Gasteiger partial charge in [-0.25, -0.2) is 0 Å². The lowest BCUT2D eigenvalue weighted by atomic mass is 10.1. The van der Waals surface area contributed by atoms with E-state index < -0.39 is 0 Å². The van der Waals surface area contributed by atoms with E-state index >= 15 is 0 Å². The average molecular weight is 190 g/mol. The quantitative estimate of drug-likeness (QED) is 0.716. The molecule has 2 rings (SSSR count). The molecule has 1 saturated heterocycles. The molecule has 14 heavy (non-hydrogen) atoms. The Bertz CT molecular complexity index is 318. The van der Waals surface area contributed by atoms with E-state index in [4.69, 9.17) is 4.74 Å². The Morgan fingerprint density at radius 3 is 2.57 bits per heavy atom. The third-order valence-corrected chi connectivity index (χ3v) is 2.64. The first-order chi connectivity index (χ1) is 6.77. The second-order valence-electron chi connectivity index (χ2n) is 3.71. The van der Waals surface area contributed by atoms with Gasteiger partial charge in [-0.05, 0) is 25.3 Å². The smallest absolute Gasteiger partial charge is 0.158 e. The van der Waals surface area contributed by atoms with Crippen LogP contribution in [0, 0.1) is 0 Å². The number of hydrogen-bond acceptors (Lipinski definition) is 2. The van der Waals surface area contributed by atoms with Gasteiger partial charge in [0, 0.05) is 0 Å². The van der Waals surface area contributed by atoms with Gasteiger partial charge in [0.1, 0.15) is 6.10 Å². The van der Waals surface area contributed by atoms with Crippen molar-refractivity contribution < 1.29 is 9.53 Å². The molecule has 74 valence electrons. The normalized spacial score (nSPS) is 26.4. The van der Waals surface area contributed by atoms with Crippen molar-refractivity contribution in [3.05, 3.63) is 35.9 Å². The molecule has 0 aliphatic carbocycles. The van der Waals surface area contributed by atoms with Crippen LogP contribution in [-0.2, 0) is 9.53 Å². The van der Waals surface area contributed by atoms with E-state index in [2.05, 4.69) is 0 Å². The molecule has 2 atom stereocenters. The molecule has 0 aromatic heterocycles. The summed E-state index contributed by atoms with van der Waals surface area (Å²) in [6.07, 6.45) is 1.74. The number of benzene rings is 1. The van der Waals surface area contributed by atoms with Crippen LogP contribution in [0.1, 0.15) is 31.4 Å². The molecule has 2 nitrogen and oxygen atoms in total. The summed E-state index contributed by atoms with van der Waals surface area (Å²) in [6, 6.07) is 10.1. The first-order valence-electron chi connectivity index (χ1n) is 4.98. The molecule has 0 radical (unpaired) electrons. The van der Waals surface area contributed by atoms with E-state index in [1.165, 1.54) is 5.56 Å². The summed E-state index contributed by atoms with van der Waals surface area (Å²) in [5.74, 6) is 0.142. The Kier molecular flexibility index (Phi) is 2.64. The highest BCUT2D eigenvalue weighted by Gasteiger charge is 2.28. The number of Topliss-reactive ketones (excluding diaryl/α,β-unsaturated/α-hetero) is 1. The molecule has 1 aromatic rings. The van der Waals surface area contributed by atoms with Crippen LogP contribution in [0.25, 0.3) is 0 Å². The third-order valence-electron chi connectivity index (χ3n) is 2.64. The van der Waals surface area contributed by atoms with Gasteiger partial charge in [0.15, 0.2) is 5.78 Å². The van der Waals surface area contributed by atoms with E-state index in [1.807, 2.05) is 30.3 Å². The monoisotopic (exact) mass is 190 g/mol. The van der Waals surface area contributed by atoms with Crippen LogP contribution in [0.2, 0.25) is 0 Å². The number of ketones is 1. The maximum absolute atomic E-state index is 11.1. The van der Waals surface area contributed by atoms with E-state index in [0.29, 0.717) is 0 Å². The molecule has 1 heterocycles. The van der Waals surface area contributed by atoms with Gasteiger partial charge in [0.05, 0.1) is 6.10 Å². The van der Waals surface area contributed by atoms with Crippen LogP contribution < -0.4 is 0 Å². The van der Waals surface area contributed by atoms with E-state index in [9.17, 15) is 4.79 Å². The summed E-state index contributed by atoms with van der Waals surface area (Å²) in [5, 5.41) is 0. The molecule has 0 bridgehead atoms. The molecule has 1 aliphatic heterocycles. The Balaban J connectivity index is 2.06. The van der Waals surface area contributed by atoms with Crippen molar-refractivity contribution in [2.45, 2.75) is 32.0 Å². The standard InChI is InChI=1S/C12H14O2/c1-9(13)11-7-8-12(14-11)10-5-3-2-4-6-10/h2-6,11-12H,7-8H2,1H3. The lowest BCUT2D eigenvalue weighted by Gasteiger charge is -2.11. The number of carbonyl (C=O) groups excluding carboxylic acids is 1. The number of hydrogen-bond donors (Lipinski definition) is 0. The largest absolute Gasteiger partial charge is 0.363 e. The second kappa shape index (κ2) is 3.93. The highest BCUT2D eigenvalue weighted by Crippen LogP contribution is 2.32. The lowest BCUT2D eigenvalue weighted by molar-refractivity contribution is -0.127. The fraction of sp³-hybridized carbons (Fsp3) is 0.417. The Morgan fingerprint density at radius 2 is 2.00 bits per heavy atom. The summed E-state index contributed by atoms with van der Waals surface area (Å²) >= 11 is 0. The van der Waals surface area contributed by atoms with E-state index in [0.717, 1.165) is 12.8 Å². The van der Waals surface area contributed by atoms with Crippen molar-refractivity contribution in [3.8, 4) is 0 Å². The topological polar surface area (TPSA) is 26.3 Å². The van der Waals surface area contributed by atoms with Crippen LogP contribution in [0.15, 0.2) is 30.3 Å². The summed E-state index contributed by atoms with van der Waals surface area (Å²) in [5.41, 5.74) is 1.18. The summed E-state index contributed by atoms with van der Waals surface area (Å²) in [7, 11) is 0. The van der Waals surface area contributed by atoms with Crippen molar-refractivity contribution in [1.82, 2.24) is 0 Å².